The number of nitrogens with one attached hydrogen (secondary N) is 3. The van der Waals surface area contributed by atoms with Crippen molar-refractivity contribution < 1.29 is 14.1 Å². The molecule has 2 rings (SSSR count). The molecule has 9 heteroatoms. The Balaban J connectivity index is 0.00000264. The highest BCUT2D eigenvalue weighted by molar-refractivity contribution is 8.00. The van der Waals surface area contributed by atoms with Gasteiger partial charge in [-0.25, -0.2) is 0 Å². The van der Waals surface area contributed by atoms with Crippen LogP contribution in [0.3, 0.4) is 0 Å². The van der Waals surface area contributed by atoms with Crippen LogP contribution in [0.25, 0.3) is 0 Å². The highest BCUT2D eigenvalue weighted by Gasteiger charge is 2.22. The second-order valence-corrected chi connectivity index (χ2v) is 6.49. The highest BCUT2D eigenvalue weighted by atomic mass is 35.5. The molecule has 0 bridgehead atoms. The lowest BCUT2D eigenvalue weighted by Gasteiger charge is -2.30. The van der Waals surface area contributed by atoms with Gasteiger partial charge in [-0.1, -0.05) is 12.1 Å². The molecular weight excluding hydrogens is 340 g/mol. The summed E-state index contributed by atoms with van der Waals surface area (Å²) in [4.78, 5) is 23.6. The van der Waals surface area contributed by atoms with E-state index >= 15 is 0 Å². The topological polar surface area (TPSA) is 96.3 Å². The van der Waals surface area contributed by atoms with Crippen molar-refractivity contribution in [1.82, 2.24) is 15.8 Å². The van der Waals surface area contributed by atoms with Crippen LogP contribution in [0.1, 0.15) is 19.1 Å². The van der Waals surface area contributed by atoms with Gasteiger partial charge in [-0.15, -0.1) is 24.2 Å². The van der Waals surface area contributed by atoms with E-state index in [1.165, 1.54) is 11.8 Å². The Morgan fingerprint density at radius 2 is 2.17 bits per heavy atom. The molecule has 1 aliphatic heterocycles. The minimum absolute atomic E-state index is 0. The molecule has 0 spiro atoms. The Bertz CT molecular complexity index is 526. The van der Waals surface area contributed by atoms with E-state index in [0.717, 1.165) is 19.5 Å². The van der Waals surface area contributed by atoms with Crippen LogP contribution >= 0.6 is 24.2 Å². The summed E-state index contributed by atoms with van der Waals surface area (Å²) in [5.74, 6) is 1.77. The predicted molar refractivity (Wildman–Crippen MR) is 93.0 cm³/mol. The van der Waals surface area contributed by atoms with Crippen molar-refractivity contribution in [2.75, 3.05) is 29.9 Å². The van der Waals surface area contributed by atoms with E-state index in [1.807, 2.05) is 0 Å². The summed E-state index contributed by atoms with van der Waals surface area (Å²) >= 11 is 1.28. The minimum atomic E-state index is -0.196. The number of anilines is 1. The quantitative estimate of drug-likeness (QED) is 0.703. The van der Waals surface area contributed by atoms with Gasteiger partial charge in [0.1, 0.15) is 5.76 Å². The molecule has 0 radical (unpaired) electrons. The van der Waals surface area contributed by atoms with Crippen LogP contribution in [-0.2, 0) is 9.59 Å². The summed E-state index contributed by atoms with van der Waals surface area (Å²) in [5, 5.41) is 12.6. The molecule has 2 heterocycles. The van der Waals surface area contributed by atoms with Crippen LogP contribution < -0.4 is 16.0 Å². The van der Waals surface area contributed by atoms with Gasteiger partial charge < -0.3 is 20.5 Å². The largest absolute Gasteiger partial charge is 0.360 e. The number of hydrogen-bond acceptors (Lipinski definition) is 6. The monoisotopic (exact) mass is 362 g/mol. The van der Waals surface area contributed by atoms with Crippen LogP contribution in [-0.4, -0.2) is 47.6 Å². The number of carbonyl (C=O) groups is 2. The third-order valence-electron chi connectivity index (χ3n) is 3.54. The van der Waals surface area contributed by atoms with Crippen LogP contribution in [0.2, 0.25) is 0 Å². The number of piperidine rings is 1. The summed E-state index contributed by atoms with van der Waals surface area (Å²) in [5.41, 5.74) is 0. The lowest BCUT2D eigenvalue weighted by molar-refractivity contribution is -0.119. The molecular formula is C14H23ClN4O3S. The summed E-state index contributed by atoms with van der Waals surface area (Å²) < 4.78 is 4.86. The normalized spacial score (nSPS) is 20.4. The molecule has 23 heavy (non-hydrogen) atoms. The van der Waals surface area contributed by atoms with Crippen molar-refractivity contribution in [2.45, 2.75) is 26.3 Å². The molecule has 1 fully saturated rings. The maximum atomic E-state index is 11.9. The lowest BCUT2D eigenvalue weighted by Crippen LogP contribution is -2.50. The molecule has 0 saturated carbocycles. The average molecular weight is 363 g/mol. The Labute approximate surface area is 146 Å². The predicted octanol–water partition coefficient (Wildman–Crippen LogP) is 1.19. The SMILES string of the molecule is Cc1cc(NC(=O)CSCC(=O)NC2CNCCC2C)no1.Cl. The number of amides is 2. The van der Waals surface area contributed by atoms with E-state index in [0.29, 0.717) is 17.5 Å². The van der Waals surface area contributed by atoms with E-state index in [2.05, 4.69) is 28.0 Å². The first kappa shape index (κ1) is 19.8. The van der Waals surface area contributed by atoms with Gasteiger partial charge in [-0.05, 0) is 25.8 Å². The molecule has 130 valence electrons. The third kappa shape index (κ3) is 6.80. The summed E-state index contributed by atoms with van der Waals surface area (Å²) in [6.07, 6.45) is 1.07. The molecule has 2 unspecified atom stereocenters. The van der Waals surface area contributed by atoms with E-state index < -0.39 is 0 Å². The van der Waals surface area contributed by atoms with Crippen LogP contribution in [0.5, 0.6) is 0 Å². The van der Waals surface area contributed by atoms with Crippen molar-refractivity contribution >= 4 is 41.8 Å². The van der Waals surface area contributed by atoms with Crippen molar-refractivity contribution in [3.8, 4) is 0 Å². The zero-order valence-corrected chi connectivity index (χ0v) is 14.9. The third-order valence-corrected chi connectivity index (χ3v) is 4.47. The molecule has 1 saturated heterocycles. The van der Waals surface area contributed by atoms with Gasteiger partial charge in [-0.3, -0.25) is 9.59 Å². The van der Waals surface area contributed by atoms with Gasteiger partial charge in [0, 0.05) is 18.7 Å². The average Bonchev–Trinajstić information content (AvgIpc) is 2.86. The number of hydrogen-bond donors (Lipinski definition) is 3. The van der Waals surface area contributed by atoms with Crippen molar-refractivity contribution in [1.29, 1.82) is 0 Å². The van der Waals surface area contributed by atoms with E-state index in [4.69, 9.17) is 4.52 Å². The fourth-order valence-corrected chi connectivity index (χ4v) is 2.90. The van der Waals surface area contributed by atoms with Crippen molar-refractivity contribution in [2.24, 2.45) is 5.92 Å². The number of carbonyl (C=O) groups excluding carboxylic acids is 2. The standard InChI is InChI=1S/C14H22N4O3S.ClH/c1-9-3-4-15-6-11(9)16-13(19)7-22-8-14(20)17-12-5-10(2)21-18-12;/h5,9,11,15H,3-4,6-8H2,1-2H3,(H,16,19)(H,17,18,20);1H. The number of aryl methyl sites for hydroxylation is 1. The van der Waals surface area contributed by atoms with Gasteiger partial charge >= 0.3 is 0 Å². The number of rotatable bonds is 6. The lowest BCUT2D eigenvalue weighted by atomic mass is 9.95. The molecule has 1 aromatic heterocycles. The van der Waals surface area contributed by atoms with E-state index in [1.54, 1.807) is 13.0 Å². The minimum Gasteiger partial charge on any atom is -0.360 e. The smallest absolute Gasteiger partial charge is 0.235 e. The molecule has 2 amide bonds. The second kappa shape index (κ2) is 9.79. The highest BCUT2D eigenvalue weighted by Crippen LogP contribution is 2.12. The van der Waals surface area contributed by atoms with Gasteiger partial charge in [-0.2, -0.15) is 0 Å². The van der Waals surface area contributed by atoms with Crippen molar-refractivity contribution in [3.05, 3.63) is 11.8 Å². The van der Waals surface area contributed by atoms with Crippen molar-refractivity contribution in [3.63, 3.8) is 0 Å². The molecule has 7 nitrogen and oxygen atoms in total. The van der Waals surface area contributed by atoms with E-state index in [-0.39, 0.29) is 41.8 Å². The zero-order valence-electron chi connectivity index (χ0n) is 13.3. The maximum absolute atomic E-state index is 11.9. The maximum Gasteiger partial charge on any atom is 0.235 e. The van der Waals surface area contributed by atoms with E-state index in [9.17, 15) is 9.59 Å². The van der Waals surface area contributed by atoms with Crippen LogP contribution in [0, 0.1) is 12.8 Å². The number of nitrogens with zero attached hydrogens (tertiary/aromatic N) is 1. The zero-order chi connectivity index (χ0) is 15.9. The molecule has 1 aliphatic rings. The molecule has 0 aromatic carbocycles. The molecule has 2 atom stereocenters. The first-order valence-corrected chi connectivity index (χ1v) is 8.51. The Kier molecular flexibility index (Phi) is 8.43. The molecule has 3 N–H and O–H groups in total. The molecule has 0 aliphatic carbocycles. The molecule has 1 aromatic rings. The van der Waals surface area contributed by atoms with Gasteiger partial charge in [0.05, 0.1) is 11.5 Å². The van der Waals surface area contributed by atoms with Gasteiger partial charge in [0.15, 0.2) is 5.82 Å². The fourth-order valence-electron chi connectivity index (χ4n) is 2.27. The summed E-state index contributed by atoms with van der Waals surface area (Å²) in [7, 11) is 0. The number of aromatic nitrogens is 1. The Morgan fingerprint density at radius 3 is 2.83 bits per heavy atom. The van der Waals surface area contributed by atoms with Crippen LogP contribution in [0.15, 0.2) is 10.6 Å². The van der Waals surface area contributed by atoms with Gasteiger partial charge in [0.25, 0.3) is 0 Å². The first-order valence-electron chi connectivity index (χ1n) is 7.35. The summed E-state index contributed by atoms with van der Waals surface area (Å²) in [6.45, 7) is 5.71. The second-order valence-electron chi connectivity index (χ2n) is 5.51. The number of thioether (sulfide) groups is 1. The first-order chi connectivity index (χ1) is 10.5. The fraction of sp³-hybridized carbons (Fsp3) is 0.643. The number of halogens is 1. The Hall–Kier alpha value is -1.25. The Morgan fingerprint density at radius 1 is 1.43 bits per heavy atom. The van der Waals surface area contributed by atoms with Crippen LogP contribution in [0.4, 0.5) is 5.82 Å². The summed E-state index contributed by atoms with van der Waals surface area (Å²) in [6, 6.07) is 1.82. The van der Waals surface area contributed by atoms with Gasteiger partial charge in [0.2, 0.25) is 11.8 Å².